The minimum absolute atomic E-state index is 0.00616. The van der Waals surface area contributed by atoms with Crippen LogP contribution in [0.4, 0.5) is 0 Å². The second-order valence-corrected chi connectivity index (χ2v) is 12.1. The fraction of sp³-hybridized carbons (Fsp3) is 0.846. The molecule has 4 aliphatic carbocycles. The second-order valence-electron chi connectivity index (χ2n) is 12.1. The third-order valence-electron chi connectivity index (χ3n) is 10.6. The highest BCUT2D eigenvalue weighted by Crippen LogP contribution is 2.71. The van der Waals surface area contributed by atoms with Gasteiger partial charge in [0.15, 0.2) is 5.78 Å². The van der Waals surface area contributed by atoms with Crippen molar-refractivity contribution in [2.75, 3.05) is 6.61 Å². The van der Waals surface area contributed by atoms with Crippen LogP contribution in [-0.4, -0.2) is 80.7 Å². The minimum atomic E-state index is -1.67. The molecule has 1 heterocycles. The summed E-state index contributed by atoms with van der Waals surface area (Å²) in [5.41, 5.74) is -1.57. The third-order valence-corrected chi connectivity index (χ3v) is 10.6. The second kappa shape index (κ2) is 8.33. The van der Waals surface area contributed by atoms with Gasteiger partial charge in [-0.25, -0.2) is 0 Å². The highest BCUT2D eigenvalue weighted by molar-refractivity contribution is 6.03. The summed E-state index contributed by atoms with van der Waals surface area (Å²) >= 11 is 0. The van der Waals surface area contributed by atoms with Crippen molar-refractivity contribution in [2.45, 2.75) is 95.6 Å². The lowest BCUT2D eigenvalue weighted by molar-refractivity contribution is -0.298. The van der Waals surface area contributed by atoms with Gasteiger partial charge in [-0.1, -0.05) is 19.9 Å². The lowest BCUT2D eigenvalue weighted by Gasteiger charge is -2.64. The topological polar surface area (TPSA) is 154 Å². The number of allylic oxidation sites excluding steroid dienone is 1. The summed E-state index contributed by atoms with van der Waals surface area (Å²) in [7, 11) is 0. The number of fused-ring (bicyclic) bond motifs is 3. The van der Waals surface area contributed by atoms with E-state index in [9.17, 15) is 35.1 Å². The molecule has 196 valence electrons. The molecule has 0 aromatic heterocycles. The van der Waals surface area contributed by atoms with Crippen LogP contribution < -0.4 is 0 Å². The maximum atomic E-state index is 13.7. The van der Waals surface area contributed by atoms with Crippen molar-refractivity contribution in [3.05, 3.63) is 12.2 Å². The summed E-state index contributed by atoms with van der Waals surface area (Å²) in [6.45, 7) is 7.39. The Kier molecular flexibility index (Phi) is 6.02. The van der Waals surface area contributed by atoms with Crippen LogP contribution in [0.2, 0.25) is 0 Å². The van der Waals surface area contributed by atoms with Crippen molar-refractivity contribution < 1.29 is 44.6 Å². The minimum Gasteiger partial charge on any atom is -0.432 e. The maximum Gasteiger partial charge on any atom is 0.314 e. The Morgan fingerprint density at radius 2 is 1.80 bits per heavy atom. The monoisotopic (exact) mass is 494 g/mol. The average molecular weight is 495 g/mol. The fourth-order valence-electron chi connectivity index (χ4n) is 8.69. The van der Waals surface area contributed by atoms with Gasteiger partial charge in [0.2, 0.25) is 6.29 Å². The first-order chi connectivity index (χ1) is 16.4. The molecular formula is C26H38O9. The molecule has 1 spiro atoms. The Balaban J connectivity index is 1.43. The van der Waals surface area contributed by atoms with E-state index in [2.05, 4.69) is 13.5 Å². The zero-order chi connectivity index (χ0) is 25.5. The van der Waals surface area contributed by atoms with Crippen LogP contribution in [0.25, 0.3) is 0 Å². The van der Waals surface area contributed by atoms with Crippen LogP contribution in [0.15, 0.2) is 12.2 Å². The molecule has 4 saturated carbocycles. The normalized spacial score (nSPS) is 53.6. The van der Waals surface area contributed by atoms with Crippen molar-refractivity contribution in [1.82, 2.24) is 0 Å². The lowest BCUT2D eigenvalue weighted by Crippen LogP contribution is -2.65. The van der Waals surface area contributed by atoms with E-state index in [0.29, 0.717) is 24.8 Å². The van der Waals surface area contributed by atoms with E-state index in [1.54, 1.807) is 0 Å². The smallest absolute Gasteiger partial charge is 0.314 e. The first-order valence-electron chi connectivity index (χ1n) is 12.8. The zero-order valence-electron chi connectivity index (χ0n) is 20.4. The van der Waals surface area contributed by atoms with Gasteiger partial charge in [-0.3, -0.25) is 9.59 Å². The largest absolute Gasteiger partial charge is 0.432 e. The van der Waals surface area contributed by atoms with E-state index in [4.69, 9.17) is 9.47 Å². The summed E-state index contributed by atoms with van der Waals surface area (Å²) in [4.78, 5) is 27.1. The molecule has 0 aromatic rings. The summed E-state index contributed by atoms with van der Waals surface area (Å²) < 4.78 is 11.0. The number of rotatable bonds is 3. The SMILES string of the molecule is C=C1C(=O)[C@]23C[C@H]1CC[C@H]2[C@]1(C)CCC[C@@](C)(C(=O)O[C@@H]2O[C@H](CO)[C@@H](O)[C@H](O)[C@H]2O)[C@H]1C[C@H]3O. The molecule has 9 nitrogen and oxygen atoms in total. The quantitative estimate of drug-likeness (QED) is 0.278. The lowest BCUT2D eigenvalue weighted by atomic mass is 9.40. The molecule has 1 saturated heterocycles. The summed E-state index contributed by atoms with van der Waals surface area (Å²) in [5.74, 6) is -0.818. The molecule has 0 radical (unpaired) electrons. The van der Waals surface area contributed by atoms with Crippen LogP contribution >= 0.6 is 0 Å². The van der Waals surface area contributed by atoms with Crippen molar-refractivity contribution in [3.8, 4) is 0 Å². The predicted octanol–water partition coefficient (Wildman–Crippen LogP) is 0.448. The average Bonchev–Trinajstić information content (AvgIpc) is 3.02. The van der Waals surface area contributed by atoms with E-state index in [-0.39, 0.29) is 29.0 Å². The van der Waals surface area contributed by atoms with Gasteiger partial charge in [0, 0.05) is 0 Å². The molecule has 1 aliphatic heterocycles. The first-order valence-corrected chi connectivity index (χ1v) is 12.8. The molecule has 5 rings (SSSR count). The Morgan fingerprint density at radius 1 is 1.09 bits per heavy atom. The number of ketones is 1. The first kappa shape index (κ1) is 25.3. The summed E-state index contributed by atoms with van der Waals surface area (Å²) in [6, 6.07) is 0. The molecule has 9 heteroatoms. The molecule has 5 N–H and O–H groups in total. The molecule has 2 bridgehead atoms. The third kappa shape index (κ3) is 3.28. The van der Waals surface area contributed by atoms with Gasteiger partial charge < -0.3 is 35.0 Å². The number of esters is 1. The number of hydrogen-bond acceptors (Lipinski definition) is 9. The van der Waals surface area contributed by atoms with Crippen LogP contribution in [0, 0.1) is 34.0 Å². The van der Waals surface area contributed by atoms with Crippen molar-refractivity contribution in [1.29, 1.82) is 0 Å². The number of hydrogen-bond donors (Lipinski definition) is 5. The van der Waals surface area contributed by atoms with Gasteiger partial charge in [0.25, 0.3) is 0 Å². The zero-order valence-corrected chi connectivity index (χ0v) is 20.4. The Hall–Kier alpha value is -1.36. The number of Topliss-reactive ketones (excluding diaryl/α,β-unsaturated/α-hetero) is 1. The molecule has 12 atom stereocenters. The van der Waals surface area contributed by atoms with Crippen LogP contribution in [0.5, 0.6) is 0 Å². The van der Waals surface area contributed by atoms with Crippen LogP contribution in [-0.2, 0) is 19.1 Å². The number of carbonyl (C=O) groups is 2. The molecular weight excluding hydrogens is 456 g/mol. The Bertz CT molecular complexity index is 918. The molecule has 5 aliphatic rings. The number of carbonyl (C=O) groups excluding carboxylic acids is 2. The standard InChI is InChI=1S/C26H38O9/c1-12-13-5-6-15-24(2)7-4-8-25(3,16(24)9-17(28)26(15,10-13)21(12)32)23(33)35-22-20(31)19(30)18(29)14(11-27)34-22/h13-20,22,27-31H,1,4-11H2,2-3H3/t13-,14-,15+,16+,17-,18-,19+,20-,22+,24+,25-,26-/m1/s1. The van der Waals surface area contributed by atoms with E-state index >= 15 is 0 Å². The van der Waals surface area contributed by atoms with Gasteiger partial charge in [-0.15, -0.1) is 0 Å². The Morgan fingerprint density at radius 3 is 2.49 bits per heavy atom. The van der Waals surface area contributed by atoms with E-state index in [1.807, 2.05) is 6.92 Å². The summed E-state index contributed by atoms with van der Waals surface area (Å²) in [6.07, 6.45) is -3.78. The van der Waals surface area contributed by atoms with Crippen molar-refractivity contribution in [2.24, 2.45) is 34.0 Å². The van der Waals surface area contributed by atoms with Crippen LogP contribution in [0.1, 0.15) is 58.8 Å². The van der Waals surface area contributed by atoms with Crippen molar-refractivity contribution >= 4 is 11.8 Å². The number of ether oxygens (including phenoxy) is 2. The van der Waals surface area contributed by atoms with Gasteiger partial charge in [0.05, 0.1) is 23.5 Å². The summed E-state index contributed by atoms with van der Waals surface area (Å²) in [5, 5.41) is 51.4. The fourth-order valence-corrected chi connectivity index (χ4v) is 8.69. The van der Waals surface area contributed by atoms with Crippen molar-refractivity contribution in [3.63, 3.8) is 0 Å². The highest BCUT2D eigenvalue weighted by atomic mass is 16.7. The van der Waals surface area contributed by atoms with Gasteiger partial charge in [-0.05, 0) is 74.2 Å². The van der Waals surface area contributed by atoms with Gasteiger partial charge in [0.1, 0.15) is 24.4 Å². The number of aliphatic hydroxyl groups excluding tert-OH is 5. The van der Waals surface area contributed by atoms with E-state index < -0.39 is 60.2 Å². The molecule has 0 unspecified atom stereocenters. The predicted molar refractivity (Wildman–Crippen MR) is 121 cm³/mol. The number of aliphatic hydroxyl groups is 5. The van der Waals surface area contributed by atoms with E-state index in [0.717, 1.165) is 25.7 Å². The molecule has 0 aromatic carbocycles. The van der Waals surface area contributed by atoms with Gasteiger partial charge >= 0.3 is 5.97 Å². The van der Waals surface area contributed by atoms with Gasteiger partial charge in [-0.2, -0.15) is 0 Å². The Labute approximate surface area is 205 Å². The molecule has 35 heavy (non-hydrogen) atoms. The van der Waals surface area contributed by atoms with Crippen LogP contribution in [0.3, 0.4) is 0 Å². The maximum absolute atomic E-state index is 13.7. The molecule has 0 amide bonds. The molecule has 5 fully saturated rings. The highest BCUT2D eigenvalue weighted by Gasteiger charge is 2.71. The van der Waals surface area contributed by atoms with E-state index in [1.165, 1.54) is 0 Å².